The van der Waals surface area contributed by atoms with Crippen molar-refractivity contribution in [2.75, 3.05) is 11.9 Å². The van der Waals surface area contributed by atoms with Gasteiger partial charge in [0.2, 0.25) is 0 Å². The summed E-state index contributed by atoms with van der Waals surface area (Å²) in [7, 11) is 0. The fourth-order valence-electron chi connectivity index (χ4n) is 1.07. The molecule has 0 aliphatic heterocycles. The van der Waals surface area contributed by atoms with Gasteiger partial charge in [-0.05, 0) is 18.2 Å². The van der Waals surface area contributed by atoms with Crippen molar-refractivity contribution < 1.29 is 17.6 Å². The molecule has 0 aromatic heterocycles. The van der Waals surface area contributed by atoms with Crippen molar-refractivity contribution in [3.8, 4) is 6.07 Å². The molecule has 1 rings (SSSR count). The third-order valence-electron chi connectivity index (χ3n) is 1.82. The summed E-state index contributed by atoms with van der Waals surface area (Å²) in [5, 5.41) is 11.0. The van der Waals surface area contributed by atoms with Crippen molar-refractivity contribution in [3.05, 3.63) is 29.6 Å². The summed E-state index contributed by atoms with van der Waals surface area (Å²) < 4.78 is 48.3. The van der Waals surface area contributed by atoms with Gasteiger partial charge in [0.05, 0.1) is 12.0 Å². The normalized spacial score (nSPS) is 10.9. The van der Waals surface area contributed by atoms with E-state index in [-0.39, 0.29) is 12.1 Å². The molecule has 0 aliphatic carbocycles. The van der Waals surface area contributed by atoms with Crippen LogP contribution in [-0.4, -0.2) is 12.7 Å². The highest BCUT2D eigenvalue weighted by Crippen LogP contribution is 2.20. The number of rotatable bonds is 3. The van der Waals surface area contributed by atoms with Crippen molar-refractivity contribution in [1.29, 1.82) is 5.26 Å². The smallest absolute Gasteiger partial charge is 0.385 e. The number of nitrogens with one attached hydrogen (secondary N) is 1. The SMILES string of the molecule is N#Cc1cc(NCCC(F)(F)F)ccc1F. The first-order chi connectivity index (χ1) is 7.42. The van der Waals surface area contributed by atoms with Crippen molar-refractivity contribution in [3.63, 3.8) is 0 Å². The fraction of sp³-hybridized carbons (Fsp3) is 0.300. The second kappa shape index (κ2) is 4.84. The first-order valence-electron chi connectivity index (χ1n) is 4.42. The number of benzene rings is 1. The summed E-state index contributed by atoms with van der Waals surface area (Å²) in [5.41, 5.74) is 0.0965. The zero-order valence-corrected chi connectivity index (χ0v) is 8.11. The van der Waals surface area contributed by atoms with Gasteiger partial charge < -0.3 is 5.32 Å². The minimum absolute atomic E-state index is 0.197. The van der Waals surface area contributed by atoms with Gasteiger partial charge in [-0.3, -0.25) is 0 Å². The molecule has 0 atom stereocenters. The number of alkyl halides is 3. The van der Waals surface area contributed by atoms with Crippen molar-refractivity contribution in [2.24, 2.45) is 0 Å². The van der Waals surface area contributed by atoms with Gasteiger partial charge in [0.25, 0.3) is 0 Å². The highest BCUT2D eigenvalue weighted by atomic mass is 19.4. The van der Waals surface area contributed by atoms with Crippen LogP contribution in [-0.2, 0) is 0 Å². The summed E-state index contributed by atoms with van der Waals surface area (Å²) in [4.78, 5) is 0. The molecule has 6 heteroatoms. The molecule has 0 amide bonds. The largest absolute Gasteiger partial charge is 0.390 e. The average molecular weight is 232 g/mol. The van der Waals surface area contributed by atoms with Gasteiger partial charge in [0.1, 0.15) is 11.9 Å². The molecule has 0 heterocycles. The lowest BCUT2D eigenvalue weighted by Gasteiger charge is -2.09. The molecule has 0 unspecified atom stereocenters. The van der Waals surface area contributed by atoms with Gasteiger partial charge in [0.15, 0.2) is 0 Å². The molecule has 0 saturated carbocycles. The highest BCUT2D eigenvalue weighted by Gasteiger charge is 2.26. The van der Waals surface area contributed by atoms with Crippen LogP contribution in [0.3, 0.4) is 0 Å². The van der Waals surface area contributed by atoms with E-state index in [2.05, 4.69) is 5.32 Å². The quantitative estimate of drug-likeness (QED) is 0.813. The Morgan fingerprint density at radius 3 is 2.56 bits per heavy atom. The van der Waals surface area contributed by atoms with Gasteiger partial charge >= 0.3 is 6.18 Å². The van der Waals surface area contributed by atoms with E-state index in [1.54, 1.807) is 6.07 Å². The zero-order valence-electron chi connectivity index (χ0n) is 8.11. The number of hydrogen-bond donors (Lipinski definition) is 1. The number of nitriles is 1. The molecule has 1 aromatic rings. The van der Waals surface area contributed by atoms with Crippen LogP contribution < -0.4 is 5.32 Å². The van der Waals surface area contributed by atoms with Crippen molar-refractivity contribution in [1.82, 2.24) is 0 Å². The average Bonchev–Trinajstić information content (AvgIpc) is 2.18. The van der Waals surface area contributed by atoms with Crippen LogP contribution in [0.5, 0.6) is 0 Å². The Balaban J connectivity index is 2.59. The minimum Gasteiger partial charge on any atom is -0.385 e. The van der Waals surface area contributed by atoms with Gasteiger partial charge in [-0.15, -0.1) is 0 Å². The summed E-state index contributed by atoms with van der Waals surface area (Å²) in [6.07, 6.45) is -5.21. The van der Waals surface area contributed by atoms with E-state index in [9.17, 15) is 17.6 Å². The standard InChI is InChI=1S/C10H8F4N2/c11-9-2-1-8(5-7(9)6-15)16-4-3-10(12,13)14/h1-2,5,16H,3-4H2. The van der Waals surface area contributed by atoms with Gasteiger partial charge in [0, 0.05) is 12.2 Å². The zero-order chi connectivity index (χ0) is 12.2. The van der Waals surface area contributed by atoms with Crippen molar-refractivity contribution in [2.45, 2.75) is 12.6 Å². The molecule has 16 heavy (non-hydrogen) atoms. The van der Waals surface area contributed by atoms with Crippen LogP contribution in [0.4, 0.5) is 23.2 Å². The summed E-state index contributed by atoms with van der Waals surface area (Å²) in [6.45, 7) is -0.306. The second-order valence-corrected chi connectivity index (χ2v) is 3.10. The van der Waals surface area contributed by atoms with E-state index in [0.29, 0.717) is 5.69 Å². The van der Waals surface area contributed by atoms with Crippen LogP contribution >= 0.6 is 0 Å². The summed E-state index contributed by atoms with van der Waals surface area (Å²) in [6, 6.07) is 5.10. The Kier molecular flexibility index (Phi) is 3.72. The minimum atomic E-state index is -4.23. The molecule has 1 aromatic carbocycles. The Morgan fingerprint density at radius 2 is 2.00 bits per heavy atom. The monoisotopic (exact) mass is 232 g/mol. The molecule has 86 valence electrons. The maximum Gasteiger partial charge on any atom is 0.390 e. The van der Waals surface area contributed by atoms with E-state index in [4.69, 9.17) is 5.26 Å². The van der Waals surface area contributed by atoms with E-state index in [1.807, 2.05) is 0 Å². The molecule has 0 bridgehead atoms. The predicted molar refractivity (Wildman–Crippen MR) is 50.3 cm³/mol. The van der Waals surface area contributed by atoms with Crippen LogP contribution in [0.2, 0.25) is 0 Å². The lowest BCUT2D eigenvalue weighted by atomic mass is 10.2. The number of nitrogens with zero attached hydrogens (tertiary/aromatic N) is 1. The first-order valence-corrected chi connectivity index (χ1v) is 4.42. The third kappa shape index (κ3) is 3.77. The van der Waals surface area contributed by atoms with E-state index < -0.39 is 18.4 Å². The molecule has 0 spiro atoms. The molecule has 0 fully saturated rings. The summed E-state index contributed by atoms with van der Waals surface area (Å²) in [5.74, 6) is -0.691. The third-order valence-corrected chi connectivity index (χ3v) is 1.82. The van der Waals surface area contributed by atoms with Crippen LogP contribution in [0.1, 0.15) is 12.0 Å². The molecular weight excluding hydrogens is 224 g/mol. The van der Waals surface area contributed by atoms with Crippen molar-refractivity contribution >= 4 is 5.69 Å². The Morgan fingerprint density at radius 1 is 1.31 bits per heavy atom. The molecule has 0 radical (unpaired) electrons. The maximum absolute atomic E-state index is 12.9. The van der Waals surface area contributed by atoms with Crippen LogP contribution in [0.25, 0.3) is 0 Å². The lowest BCUT2D eigenvalue weighted by Crippen LogP contribution is -2.14. The predicted octanol–water partition coefficient (Wildman–Crippen LogP) is 3.06. The second-order valence-electron chi connectivity index (χ2n) is 3.10. The van der Waals surface area contributed by atoms with Gasteiger partial charge in [-0.1, -0.05) is 0 Å². The molecular formula is C10H8F4N2. The van der Waals surface area contributed by atoms with E-state index in [1.165, 1.54) is 12.1 Å². The number of halogens is 4. The molecule has 2 nitrogen and oxygen atoms in total. The number of anilines is 1. The topological polar surface area (TPSA) is 35.8 Å². The van der Waals surface area contributed by atoms with Gasteiger partial charge in [-0.25, -0.2) is 4.39 Å². The van der Waals surface area contributed by atoms with E-state index >= 15 is 0 Å². The van der Waals surface area contributed by atoms with Crippen LogP contribution in [0.15, 0.2) is 18.2 Å². The fourth-order valence-corrected chi connectivity index (χ4v) is 1.07. The highest BCUT2D eigenvalue weighted by molar-refractivity contribution is 5.49. The molecule has 0 saturated heterocycles. The van der Waals surface area contributed by atoms with Gasteiger partial charge in [-0.2, -0.15) is 18.4 Å². The maximum atomic E-state index is 12.9. The number of hydrogen-bond acceptors (Lipinski definition) is 2. The molecule has 0 aliphatic rings. The first kappa shape index (κ1) is 12.3. The Hall–Kier alpha value is -1.77. The van der Waals surface area contributed by atoms with Crippen LogP contribution in [0, 0.1) is 17.1 Å². The van der Waals surface area contributed by atoms with E-state index in [0.717, 1.165) is 6.07 Å². The Labute approximate surface area is 89.5 Å². The molecule has 1 N–H and O–H groups in total. The Bertz CT molecular complexity index is 406. The summed E-state index contributed by atoms with van der Waals surface area (Å²) >= 11 is 0. The lowest BCUT2D eigenvalue weighted by molar-refractivity contribution is -0.131.